The predicted octanol–water partition coefficient (Wildman–Crippen LogP) is 2.04. The molecule has 2 aromatic heterocycles. The quantitative estimate of drug-likeness (QED) is 0.793. The number of amides is 1. The lowest BCUT2D eigenvalue weighted by atomic mass is 10.2. The molecular weight excluding hydrogens is 314 g/mol. The number of halogens is 1. The van der Waals surface area contributed by atoms with Crippen LogP contribution in [0.4, 0.5) is 0 Å². The Morgan fingerprint density at radius 2 is 2.19 bits per heavy atom. The van der Waals surface area contributed by atoms with E-state index in [1.54, 1.807) is 27.8 Å². The molecule has 21 heavy (non-hydrogen) atoms. The van der Waals surface area contributed by atoms with Gasteiger partial charge < -0.3 is 9.64 Å². The largest absolute Gasteiger partial charge is 0.464 e. The third kappa shape index (κ3) is 2.66. The number of nitrogens with zero attached hydrogens (tertiary/aromatic N) is 3. The molecule has 0 bridgehead atoms. The van der Waals surface area contributed by atoms with Gasteiger partial charge in [-0.15, -0.1) is 11.3 Å². The highest BCUT2D eigenvalue weighted by Gasteiger charge is 2.25. The number of hydrogen-bond acceptors (Lipinski definition) is 5. The Morgan fingerprint density at radius 1 is 1.38 bits per heavy atom. The number of methoxy groups -OCH3 is 1. The maximum absolute atomic E-state index is 12.4. The number of hydrogen-bond donors (Lipinski definition) is 0. The first-order valence-electron chi connectivity index (χ1n) is 6.28. The Bertz CT molecular complexity index is 709. The van der Waals surface area contributed by atoms with Crippen molar-refractivity contribution < 1.29 is 14.3 Å². The van der Waals surface area contributed by atoms with Gasteiger partial charge in [-0.3, -0.25) is 9.48 Å². The lowest BCUT2D eigenvalue weighted by molar-refractivity contribution is 0.0591. The standard InChI is InChI=1S/C13H12ClN3O3S/c1-20-13(19)9-6-8-7-16(4-5-17(8)15-9)12(18)10-2-3-11(14)21-10/h2-3,6H,4-5,7H2,1H3. The molecular formula is C13H12ClN3O3S. The van der Waals surface area contributed by atoms with E-state index < -0.39 is 5.97 Å². The number of fused-ring (bicyclic) bond motifs is 1. The van der Waals surface area contributed by atoms with E-state index in [0.717, 1.165) is 5.69 Å². The van der Waals surface area contributed by atoms with Crippen molar-refractivity contribution in [1.82, 2.24) is 14.7 Å². The van der Waals surface area contributed by atoms with Crippen molar-refractivity contribution in [2.75, 3.05) is 13.7 Å². The molecule has 0 saturated carbocycles. The summed E-state index contributed by atoms with van der Waals surface area (Å²) >= 11 is 7.12. The minimum absolute atomic E-state index is 0.0565. The molecule has 8 heteroatoms. The maximum atomic E-state index is 12.4. The second kappa shape index (κ2) is 5.50. The minimum atomic E-state index is -0.472. The Labute approximate surface area is 129 Å². The summed E-state index contributed by atoms with van der Waals surface area (Å²) in [7, 11) is 1.32. The van der Waals surface area contributed by atoms with E-state index >= 15 is 0 Å². The highest BCUT2D eigenvalue weighted by molar-refractivity contribution is 7.17. The molecule has 0 N–H and O–H groups in total. The van der Waals surface area contributed by atoms with Crippen LogP contribution in [0.5, 0.6) is 0 Å². The van der Waals surface area contributed by atoms with Crippen LogP contribution in [0.2, 0.25) is 4.34 Å². The van der Waals surface area contributed by atoms with Gasteiger partial charge in [0.1, 0.15) is 0 Å². The first-order chi connectivity index (χ1) is 10.1. The molecule has 0 unspecified atom stereocenters. The molecule has 0 fully saturated rings. The van der Waals surface area contributed by atoms with Gasteiger partial charge in [0, 0.05) is 6.54 Å². The molecule has 0 radical (unpaired) electrons. The lowest BCUT2D eigenvalue weighted by Gasteiger charge is -2.27. The Kier molecular flexibility index (Phi) is 3.69. The highest BCUT2D eigenvalue weighted by Crippen LogP contribution is 2.24. The Hall–Kier alpha value is -1.86. The zero-order valence-electron chi connectivity index (χ0n) is 11.2. The summed E-state index contributed by atoms with van der Waals surface area (Å²) in [5, 5.41) is 4.18. The summed E-state index contributed by atoms with van der Waals surface area (Å²) in [6, 6.07) is 5.09. The number of carbonyl (C=O) groups excluding carboxylic acids is 2. The van der Waals surface area contributed by atoms with Crippen molar-refractivity contribution in [3.05, 3.63) is 38.8 Å². The predicted molar refractivity (Wildman–Crippen MR) is 77.6 cm³/mol. The van der Waals surface area contributed by atoms with Gasteiger partial charge in [-0.1, -0.05) is 11.6 Å². The summed E-state index contributed by atoms with van der Waals surface area (Å²) in [6.07, 6.45) is 0. The average molecular weight is 326 g/mol. The summed E-state index contributed by atoms with van der Waals surface area (Å²) < 4.78 is 6.98. The van der Waals surface area contributed by atoms with Gasteiger partial charge in [0.05, 0.1) is 35.1 Å². The maximum Gasteiger partial charge on any atom is 0.358 e. The molecule has 2 aromatic rings. The second-order valence-electron chi connectivity index (χ2n) is 4.57. The topological polar surface area (TPSA) is 64.4 Å². The monoisotopic (exact) mass is 325 g/mol. The summed E-state index contributed by atoms with van der Waals surface area (Å²) in [5.41, 5.74) is 1.08. The Balaban J connectivity index is 1.79. The molecule has 6 nitrogen and oxygen atoms in total. The molecule has 3 heterocycles. The molecule has 1 aliphatic heterocycles. The first kappa shape index (κ1) is 14.1. The fourth-order valence-electron chi connectivity index (χ4n) is 2.23. The molecule has 0 aliphatic carbocycles. The van der Waals surface area contributed by atoms with E-state index in [0.29, 0.717) is 28.8 Å². The van der Waals surface area contributed by atoms with E-state index in [1.165, 1.54) is 18.4 Å². The number of ether oxygens (including phenoxy) is 1. The zero-order chi connectivity index (χ0) is 15.0. The molecule has 3 rings (SSSR count). The summed E-state index contributed by atoms with van der Waals surface area (Å²) in [6.45, 7) is 1.51. The van der Waals surface area contributed by atoms with Gasteiger partial charge in [0.2, 0.25) is 0 Å². The van der Waals surface area contributed by atoms with Crippen LogP contribution in [0.25, 0.3) is 0 Å². The molecule has 1 aliphatic rings. The molecule has 0 aromatic carbocycles. The SMILES string of the molecule is COC(=O)c1cc2n(n1)CCN(C(=O)c1ccc(Cl)s1)C2. The molecule has 0 saturated heterocycles. The van der Waals surface area contributed by atoms with Gasteiger partial charge in [-0.05, 0) is 18.2 Å². The number of rotatable bonds is 2. The van der Waals surface area contributed by atoms with Crippen LogP contribution in [-0.4, -0.2) is 40.2 Å². The number of aromatic nitrogens is 2. The van der Waals surface area contributed by atoms with Gasteiger partial charge in [-0.25, -0.2) is 4.79 Å². The van der Waals surface area contributed by atoms with E-state index in [9.17, 15) is 9.59 Å². The van der Waals surface area contributed by atoms with Crippen molar-refractivity contribution in [1.29, 1.82) is 0 Å². The average Bonchev–Trinajstić information content (AvgIpc) is 3.10. The number of thiophene rings is 1. The highest BCUT2D eigenvalue weighted by atomic mass is 35.5. The van der Waals surface area contributed by atoms with Crippen molar-refractivity contribution in [3.8, 4) is 0 Å². The van der Waals surface area contributed by atoms with E-state index in [4.69, 9.17) is 11.6 Å². The van der Waals surface area contributed by atoms with E-state index in [1.807, 2.05) is 0 Å². The van der Waals surface area contributed by atoms with Crippen LogP contribution in [0.1, 0.15) is 25.9 Å². The molecule has 110 valence electrons. The number of esters is 1. The first-order valence-corrected chi connectivity index (χ1v) is 7.47. The second-order valence-corrected chi connectivity index (χ2v) is 6.28. The summed E-state index contributed by atoms with van der Waals surface area (Å²) in [5.74, 6) is -0.529. The van der Waals surface area contributed by atoms with Crippen molar-refractivity contribution in [3.63, 3.8) is 0 Å². The van der Waals surface area contributed by atoms with Crippen LogP contribution >= 0.6 is 22.9 Å². The molecule has 0 atom stereocenters. The van der Waals surface area contributed by atoms with Gasteiger partial charge >= 0.3 is 5.97 Å². The molecule has 1 amide bonds. The third-order valence-electron chi connectivity index (χ3n) is 3.26. The van der Waals surface area contributed by atoms with Crippen LogP contribution in [0.3, 0.4) is 0 Å². The van der Waals surface area contributed by atoms with Crippen LogP contribution < -0.4 is 0 Å². The Morgan fingerprint density at radius 3 is 2.86 bits per heavy atom. The van der Waals surface area contributed by atoms with Crippen molar-refractivity contribution >= 4 is 34.8 Å². The summed E-state index contributed by atoms with van der Waals surface area (Å²) in [4.78, 5) is 26.2. The minimum Gasteiger partial charge on any atom is -0.464 e. The lowest BCUT2D eigenvalue weighted by Crippen LogP contribution is -2.38. The smallest absolute Gasteiger partial charge is 0.358 e. The van der Waals surface area contributed by atoms with E-state index in [-0.39, 0.29) is 11.6 Å². The molecule has 0 spiro atoms. The zero-order valence-corrected chi connectivity index (χ0v) is 12.8. The normalized spacial score (nSPS) is 13.9. The fraction of sp³-hybridized carbons (Fsp3) is 0.308. The van der Waals surface area contributed by atoms with E-state index in [2.05, 4.69) is 9.84 Å². The van der Waals surface area contributed by atoms with Gasteiger partial charge in [-0.2, -0.15) is 5.10 Å². The van der Waals surface area contributed by atoms with Gasteiger partial charge in [0.25, 0.3) is 5.91 Å². The van der Waals surface area contributed by atoms with Crippen molar-refractivity contribution in [2.24, 2.45) is 0 Å². The van der Waals surface area contributed by atoms with Crippen LogP contribution in [-0.2, 0) is 17.8 Å². The van der Waals surface area contributed by atoms with Crippen LogP contribution in [0, 0.1) is 0 Å². The fourth-order valence-corrected chi connectivity index (χ4v) is 3.24. The van der Waals surface area contributed by atoms with Crippen LogP contribution in [0.15, 0.2) is 18.2 Å². The van der Waals surface area contributed by atoms with Gasteiger partial charge in [0.15, 0.2) is 5.69 Å². The third-order valence-corrected chi connectivity index (χ3v) is 4.48. The number of carbonyl (C=O) groups is 2. The van der Waals surface area contributed by atoms with Crippen molar-refractivity contribution in [2.45, 2.75) is 13.1 Å².